The van der Waals surface area contributed by atoms with Crippen LogP contribution in [0.4, 0.5) is 0 Å². The highest BCUT2D eigenvalue weighted by Gasteiger charge is 2.12. The van der Waals surface area contributed by atoms with Gasteiger partial charge in [0, 0.05) is 6.42 Å². The molecule has 144 valence electrons. The highest BCUT2D eigenvalue weighted by molar-refractivity contribution is 7.85. The first-order valence-electron chi connectivity index (χ1n) is 9.58. The van der Waals surface area contributed by atoms with Gasteiger partial charge in [0.1, 0.15) is 5.75 Å². The fourth-order valence-corrected chi connectivity index (χ4v) is 3.48. The summed E-state index contributed by atoms with van der Waals surface area (Å²) < 4.78 is 36.6. The van der Waals surface area contributed by atoms with Crippen molar-refractivity contribution in [3.63, 3.8) is 0 Å². The molecule has 1 N–H and O–H groups in total. The Balaban J connectivity index is 2.76. The van der Waals surface area contributed by atoms with E-state index < -0.39 is 10.1 Å². The van der Waals surface area contributed by atoms with E-state index in [0.29, 0.717) is 0 Å². The van der Waals surface area contributed by atoms with E-state index in [0.717, 1.165) is 18.6 Å². The first-order chi connectivity index (χ1) is 11.8. The molecule has 0 heterocycles. The number of hydrogen-bond acceptors (Lipinski definition) is 3. The molecule has 4 nitrogen and oxygen atoms in total. The minimum absolute atomic E-state index is 0.253. The Morgan fingerprint density at radius 2 is 1.48 bits per heavy atom. The van der Waals surface area contributed by atoms with Crippen molar-refractivity contribution >= 4 is 10.1 Å². The minimum atomic E-state index is -3.94. The van der Waals surface area contributed by atoms with Crippen LogP contribution >= 0.6 is 0 Å². The summed E-state index contributed by atoms with van der Waals surface area (Å²) >= 11 is 0. The standard InChI is InChI=1S/C20H34O4S/c1-4-6-8-10-18-14-19(11-9-7-5-2)16-20(15-18)24-17(3)12-13-25(21,22)23/h14-17H,4-13H2,1-3H3,(H,21,22,23). The molecule has 1 atom stereocenters. The molecule has 0 bridgehead atoms. The molecule has 5 heteroatoms. The molecule has 0 aliphatic carbocycles. The van der Waals surface area contributed by atoms with Crippen LogP contribution in [0.5, 0.6) is 5.75 Å². The van der Waals surface area contributed by atoms with Gasteiger partial charge in [0.05, 0.1) is 11.9 Å². The van der Waals surface area contributed by atoms with Crippen molar-refractivity contribution in [3.8, 4) is 5.75 Å². The molecule has 0 saturated carbocycles. The zero-order valence-corrected chi connectivity index (χ0v) is 16.8. The summed E-state index contributed by atoms with van der Waals surface area (Å²) in [6.45, 7) is 6.24. The van der Waals surface area contributed by atoms with E-state index in [9.17, 15) is 8.42 Å². The van der Waals surface area contributed by atoms with Gasteiger partial charge in [-0.2, -0.15) is 8.42 Å². The van der Waals surface area contributed by atoms with E-state index in [-0.39, 0.29) is 18.3 Å². The number of aryl methyl sites for hydroxylation is 2. The van der Waals surface area contributed by atoms with Crippen LogP contribution in [-0.2, 0) is 23.0 Å². The van der Waals surface area contributed by atoms with Crippen LogP contribution in [0.15, 0.2) is 18.2 Å². The summed E-state index contributed by atoms with van der Waals surface area (Å²) in [4.78, 5) is 0. The average molecular weight is 371 g/mol. The van der Waals surface area contributed by atoms with Gasteiger partial charge in [0.25, 0.3) is 10.1 Å². The number of unbranched alkanes of at least 4 members (excludes halogenated alkanes) is 4. The molecule has 0 aromatic heterocycles. The molecule has 0 fully saturated rings. The molecular weight excluding hydrogens is 336 g/mol. The van der Waals surface area contributed by atoms with Gasteiger partial charge in [0.15, 0.2) is 0 Å². The molecule has 0 saturated heterocycles. The lowest BCUT2D eigenvalue weighted by molar-refractivity contribution is 0.216. The van der Waals surface area contributed by atoms with Gasteiger partial charge in [-0.1, -0.05) is 45.6 Å². The summed E-state index contributed by atoms with van der Waals surface area (Å²) in [7, 11) is -3.94. The Kier molecular flexibility index (Phi) is 10.1. The fourth-order valence-electron chi connectivity index (χ4n) is 2.85. The van der Waals surface area contributed by atoms with Crippen LogP contribution < -0.4 is 4.74 Å². The smallest absolute Gasteiger partial charge is 0.264 e. The van der Waals surface area contributed by atoms with Crippen LogP contribution in [-0.4, -0.2) is 24.8 Å². The molecule has 0 spiro atoms. The predicted molar refractivity (Wildman–Crippen MR) is 104 cm³/mol. The Hall–Kier alpha value is -1.07. The minimum Gasteiger partial charge on any atom is -0.491 e. The van der Waals surface area contributed by atoms with Crippen molar-refractivity contribution in [2.45, 2.75) is 84.7 Å². The van der Waals surface area contributed by atoms with Crippen molar-refractivity contribution in [2.75, 3.05) is 5.75 Å². The van der Waals surface area contributed by atoms with Crippen LogP contribution in [0.2, 0.25) is 0 Å². The second-order valence-electron chi connectivity index (χ2n) is 6.90. The second kappa shape index (κ2) is 11.5. The quantitative estimate of drug-likeness (QED) is 0.383. The maximum atomic E-state index is 10.9. The van der Waals surface area contributed by atoms with Crippen LogP contribution in [0.1, 0.15) is 76.8 Å². The summed E-state index contributed by atoms with van der Waals surface area (Å²) in [6, 6.07) is 6.42. The third-order valence-corrected chi connectivity index (χ3v) is 5.04. The number of benzene rings is 1. The van der Waals surface area contributed by atoms with Crippen molar-refractivity contribution in [3.05, 3.63) is 29.3 Å². The van der Waals surface area contributed by atoms with Gasteiger partial charge in [0.2, 0.25) is 0 Å². The molecule has 25 heavy (non-hydrogen) atoms. The first-order valence-corrected chi connectivity index (χ1v) is 11.2. The lowest BCUT2D eigenvalue weighted by Gasteiger charge is -2.16. The summed E-state index contributed by atoms with van der Waals surface area (Å²) in [6.07, 6.45) is 9.32. The lowest BCUT2D eigenvalue weighted by atomic mass is 10.0. The second-order valence-corrected chi connectivity index (χ2v) is 8.47. The first kappa shape index (κ1) is 22.0. The summed E-state index contributed by atoms with van der Waals surface area (Å²) in [5.74, 6) is 0.539. The van der Waals surface area contributed by atoms with E-state index in [1.165, 1.54) is 49.7 Å². The Labute approximate surface area is 153 Å². The van der Waals surface area contributed by atoms with E-state index in [1.807, 2.05) is 6.92 Å². The van der Waals surface area contributed by atoms with Crippen molar-refractivity contribution in [1.29, 1.82) is 0 Å². The summed E-state index contributed by atoms with van der Waals surface area (Å²) in [5, 5.41) is 0. The highest BCUT2D eigenvalue weighted by atomic mass is 32.2. The zero-order chi connectivity index (χ0) is 18.7. The zero-order valence-electron chi connectivity index (χ0n) is 16.0. The third kappa shape index (κ3) is 10.5. The molecule has 0 aliphatic heterocycles. The van der Waals surface area contributed by atoms with Crippen LogP contribution in [0, 0.1) is 0 Å². The molecule has 1 unspecified atom stereocenters. The number of rotatable bonds is 13. The molecule has 1 aromatic rings. The lowest BCUT2D eigenvalue weighted by Crippen LogP contribution is -2.17. The molecule has 1 rings (SSSR count). The number of hydrogen-bond donors (Lipinski definition) is 1. The van der Waals surface area contributed by atoms with Gasteiger partial charge < -0.3 is 4.74 Å². The van der Waals surface area contributed by atoms with Gasteiger partial charge in [-0.15, -0.1) is 0 Å². The topological polar surface area (TPSA) is 63.6 Å². The van der Waals surface area contributed by atoms with Gasteiger partial charge in [-0.3, -0.25) is 4.55 Å². The SMILES string of the molecule is CCCCCc1cc(CCCCC)cc(OC(C)CCS(=O)(=O)O)c1. The monoisotopic (exact) mass is 370 g/mol. The van der Waals surface area contributed by atoms with Gasteiger partial charge in [-0.25, -0.2) is 0 Å². The maximum Gasteiger partial charge on any atom is 0.264 e. The molecule has 0 radical (unpaired) electrons. The maximum absolute atomic E-state index is 10.9. The van der Waals surface area contributed by atoms with E-state index in [1.54, 1.807) is 0 Å². The normalized spacial score (nSPS) is 13.0. The largest absolute Gasteiger partial charge is 0.491 e. The summed E-state index contributed by atoms with van der Waals surface area (Å²) in [5.41, 5.74) is 2.58. The Morgan fingerprint density at radius 3 is 1.92 bits per heavy atom. The van der Waals surface area contributed by atoms with E-state index in [2.05, 4.69) is 32.0 Å². The molecule has 0 aliphatic rings. The Morgan fingerprint density at radius 1 is 0.960 bits per heavy atom. The van der Waals surface area contributed by atoms with Crippen LogP contribution in [0.3, 0.4) is 0 Å². The van der Waals surface area contributed by atoms with Crippen molar-refractivity contribution in [2.24, 2.45) is 0 Å². The number of ether oxygens (including phenoxy) is 1. The van der Waals surface area contributed by atoms with E-state index in [4.69, 9.17) is 9.29 Å². The average Bonchev–Trinajstić information content (AvgIpc) is 2.53. The molecule has 1 aromatic carbocycles. The van der Waals surface area contributed by atoms with Crippen molar-refractivity contribution in [1.82, 2.24) is 0 Å². The van der Waals surface area contributed by atoms with E-state index >= 15 is 0 Å². The van der Waals surface area contributed by atoms with Gasteiger partial charge in [-0.05, 0) is 55.9 Å². The highest BCUT2D eigenvalue weighted by Crippen LogP contribution is 2.22. The predicted octanol–water partition coefficient (Wildman–Crippen LogP) is 5.20. The Bertz CT molecular complexity index is 567. The van der Waals surface area contributed by atoms with Crippen molar-refractivity contribution < 1.29 is 17.7 Å². The fraction of sp³-hybridized carbons (Fsp3) is 0.700. The van der Waals surface area contributed by atoms with Gasteiger partial charge >= 0.3 is 0 Å². The third-order valence-electron chi connectivity index (χ3n) is 4.28. The van der Waals surface area contributed by atoms with Crippen LogP contribution in [0.25, 0.3) is 0 Å². The molecule has 0 amide bonds. The molecular formula is C20H34O4S.